The number of nitrogens with two attached hydrogens (primary N) is 1. The Bertz CT molecular complexity index is 1100. The van der Waals surface area contributed by atoms with Crippen molar-refractivity contribution < 1.29 is 22.7 Å². The molecule has 5 nitrogen and oxygen atoms in total. The van der Waals surface area contributed by atoms with Crippen molar-refractivity contribution in [1.29, 1.82) is 0 Å². The average molecular weight is 478 g/mol. The summed E-state index contributed by atoms with van der Waals surface area (Å²) < 4.78 is 46.9. The quantitative estimate of drug-likeness (QED) is 0.404. The maximum absolute atomic E-state index is 13.8. The Hall–Kier alpha value is -2.91. The van der Waals surface area contributed by atoms with Crippen LogP contribution in [0.15, 0.2) is 54.0 Å². The van der Waals surface area contributed by atoms with Crippen LogP contribution in [0.3, 0.4) is 0 Å². The molecule has 0 spiro atoms. The van der Waals surface area contributed by atoms with Crippen LogP contribution in [0.4, 0.5) is 19.0 Å². The molecule has 33 heavy (non-hydrogen) atoms. The number of alkyl halides is 3. The number of ether oxygens (including phenoxy) is 1. The van der Waals surface area contributed by atoms with E-state index in [1.165, 1.54) is 29.7 Å². The molecule has 0 aliphatic heterocycles. The number of halogens is 3. The number of nitrogens with one attached hydrogen (secondary N) is 1. The van der Waals surface area contributed by atoms with Crippen molar-refractivity contribution in [2.45, 2.75) is 38.9 Å². The van der Waals surface area contributed by atoms with Crippen molar-refractivity contribution in [3.05, 3.63) is 64.5 Å². The van der Waals surface area contributed by atoms with Crippen molar-refractivity contribution in [3.8, 4) is 16.9 Å². The van der Waals surface area contributed by atoms with Gasteiger partial charge in [-0.25, -0.2) is 4.98 Å². The molecular weight excluding hydrogens is 451 g/mol. The zero-order chi connectivity index (χ0) is 24.2. The van der Waals surface area contributed by atoms with Gasteiger partial charge in [-0.15, -0.1) is 11.3 Å². The van der Waals surface area contributed by atoms with E-state index in [2.05, 4.69) is 10.3 Å². The Balaban J connectivity index is 1.85. The van der Waals surface area contributed by atoms with Crippen molar-refractivity contribution in [1.82, 2.24) is 4.98 Å². The predicted molar refractivity (Wildman–Crippen MR) is 124 cm³/mol. The van der Waals surface area contributed by atoms with Crippen LogP contribution in [-0.4, -0.2) is 23.0 Å². The summed E-state index contributed by atoms with van der Waals surface area (Å²) in [5.41, 5.74) is 5.35. The molecule has 0 aliphatic rings. The van der Waals surface area contributed by atoms with Crippen LogP contribution in [0.1, 0.15) is 42.4 Å². The third kappa shape index (κ3) is 6.79. The Labute approximate surface area is 194 Å². The van der Waals surface area contributed by atoms with Crippen LogP contribution >= 0.6 is 11.3 Å². The number of rotatable bonds is 8. The van der Waals surface area contributed by atoms with Gasteiger partial charge >= 0.3 is 6.18 Å². The Kier molecular flexibility index (Phi) is 7.44. The number of pyridine rings is 1. The fourth-order valence-corrected chi connectivity index (χ4v) is 4.17. The molecule has 0 radical (unpaired) electrons. The second-order valence-electron chi connectivity index (χ2n) is 8.61. The molecule has 1 aromatic carbocycles. The second kappa shape index (κ2) is 9.93. The van der Waals surface area contributed by atoms with Gasteiger partial charge in [0, 0.05) is 11.7 Å². The number of carbonyl (C=O) groups is 1. The Morgan fingerprint density at radius 2 is 1.91 bits per heavy atom. The first-order chi connectivity index (χ1) is 15.4. The molecule has 9 heteroatoms. The smallest absolute Gasteiger partial charge is 0.419 e. The Morgan fingerprint density at radius 1 is 1.18 bits per heavy atom. The van der Waals surface area contributed by atoms with Gasteiger partial charge in [0.2, 0.25) is 0 Å². The third-order valence-electron chi connectivity index (χ3n) is 4.80. The minimum atomic E-state index is -4.61. The lowest BCUT2D eigenvalue weighted by atomic mass is 9.93. The lowest BCUT2D eigenvalue weighted by molar-refractivity contribution is -0.139. The van der Waals surface area contributed by atoms with E-state index in [-0.39, 0.29) is 30.0 Å². The minimum Gasteiger partial charge on any atom is -0.491 e. The lowest BCUT2D eigenvalue weighted by Gasteiger charge is -2.27. The van der Waals surface area contributed by atoms with E-state index in [4.69, 9.17) is 10.5 Å². The lowest BCUT2D eigenvalue weighted by Crippen LogP contribution is -2.43. The average Bonchev–Trinajstić information content (AvgIpc) is 3.26. The number of carbonyl (C=O) groups excluding carboxylic acids is 1. The molecule has 3 aromatic rings. The summed E-state index contributed by atoms with van der Waals surface area (Å²) in [6, 6.07) is 10.4. The molecule has 2 aromatic heterocycles. The van der Waals surface area contributed by atoms with Crippen molar-refractivity contribution in [2.24, 2.45) is 11.7 Å². The van der Waals surface area contributed by atoms with Gasteiger partial charge in [0.05, 0.1) is 10.4 Å². The Morgan fingerprint density at radius 3 is 2.55 bits per heavy atom. The van der Waals surface area contributed by atoms with Gasteiger partial charge in [-0.05, 0) is 66.1 Å². The van der Waals surface area contributed by atoms with Crippen LogP contribution in [-0.2, 0) is 6.18 Å². The third-order valence-corrected chi connectivity index (χ3v) is 5.67. The monoisotopic (exact) mass is 477 g/mol. The van der Waals surface area contributed by atoms with E-state index in [9.17, 15) is 18.0 Å². The number of hydrogen-bond acceptors (Lipinski definition) is 5. The summed E-state index contributed by atoms with van der Waals surface area (Å²) >= 11 is 1.28. The largest absolute Gasteiger partial charge is 0.491 e. The summed E-state index contributed by atoms with van der Waals surface area (Å²) in [6.45, 7) is 5.71. The molecule has 1 amide bonds. The molecule has 1 atom stereocenters. The highest BCUT2D eigenvalue weighted by Gasteiger charge is 2.35. The standard InChI is InChI=1S/C24H26F3N3O2S/c1-15(2)13-23(3,28)14-32-19-7-6-16(11-18(19)24(25,26)27)17-8-9-29-21(12-17)30-22(31)20-5-4-10-33-20/h4-12,15H,13-14,28H2,1-3H3,(H,29,30,31)/t23-/m0/s1. The van der Waals surface area contributed by atoms with E-state index < -0.39 is 17.3 Å². The first kappa shape index (κ1) is 24.7. The van der Waals surface area contributed by atoms with E-state index >= 15 is 0 Å². The van der Waals surface area contributed by atoms with Crippen LogP contribution in [0.2, 0.25) is 0 Å². The normalized spacial score (nSPS) is 13.6. The number of hydrogen-bond donors (Lipinski definition) is 2. The molecule has 0 aliphatic carbocycles. The molecule has 2 heterocycles. The number of benzene rings is 1. The number of amides is 1. The molecule has 0 bridgehead atoms. The van der Waals surface area contributed by atoms with Gasteiger partial charge in [0.15, 0.2) is 0 Å². The molecule has 176 valence electrons. The fourth-order valence-electron chi connectivity index (χ4n) is 3.56. The van der Waals surface area contributed by atoms with Crippen LogP contribution in [0.5, 0.6) is 5.75 Å². The zero-order valence-electron chi connectivity index (χ0n) is 18.6. The first-order valence-corrected chi connectivity index (χ1v) is 11.3. The minimum absolute atomic E-state index is 0.0399. The van der Waals surface area contributed by atoms with Gasteiger partial charge in [-0.2, -0.15) is 13.2 Å². The summed E-state index contributed by atoms with van der Waals surface area (Å²) in [5, 5.41) is 4.44. The molecule has 3 rings (SSSR count). The molecular formula is C24H26F3N3O2S. The van der Waals surface area contributed by atoms with Crippen molar-refractivity contribution in [3.63, 3.8) is 0 Å². The van der Waals surface area contributed by atoms with E-state index in [1.54, 1.807) is 36.6 Å². The molecule has 3 N–H and O–H groups in total. The molecule has 0 saturated heterocycles. The van der Waals surface area contributed by atoms with Gasteiger partial charge in [0.1, 0.15) is 18.2 Å². The topological polar surface area (TPSA) is 77.2 Å². The van der Waals surface area contributed by atoms with Crippen LogP contribution in [0.25, 0.3) is 11.1 Å². The summed E-state index contributed by atoms with van der Waals surface area (Å²) in [5.74, 6) is -0.0748. The first-order valence-electron chi connectivity index (χ1n) is 10.4. The highest BCUT2D eigenvalue weighted by molar-refractivity contribution is 7.12. The summed E-state index contributed by atoms with van der Waals surface area (Å²) in [4.78, 5) is 16.9. The van der Waals surface area contributed by atoms with Crippen molar-refractivity contribution in [2.75, 3.05) is 11.9 Å². The maximum atomic E-state index is 13.8. The predicted octanol–water partition coefficient (Wildman–Crippen LogP) is 6.22. The van der Waals surface area contributed by atoms with Gasteiger partial charge < -0.3 is 15.8 Å². The molecule has 0 fully saturated rings. The van der Waals surface area contributed by atoms with Crippen LogP contribution < -0.4 is 15.8 Å². The molecule has 0 unspecified atom stereocenters. The number of nitrogens with zero attached hydrogens (tertiary/aromatic N) is 1. The summed E-state index contributed by atoms with van der Waals surface area (Å²) in [6.07, 6.45) is -2.57. The van der Waals surface area contributed by atoms with Crippen molar-refractivity contribution >= 4 is 23.1 Å². The zero-order valence-corrected chi connectivity index (χ0v) is 19.4. The van der Waals surface area contributed by atoms with Crippen LogP contribution in [0, 0.1) is 5.92 Å². The number of thiophene rings is 1. The number of aromatic nitrogens is 1. The van der Waals surface area contributed by atoms with Gasteiger partial charge in [-0.3, -0.25) is 4.79 Å². The molecule has 0 saturated carbocycles. The number of anilines is 1. The SMILES string of the molecule is CC(C)C[C@](C)(N)COc1ccc(-c2ccnc(NC(=O)c3cccs3)c2)cc1C(F)(F)F. The van der Waals surface area contributed by atoms with E-state index in [0.717, 1.165) is 6.07 Å². The maximum Gasteiger partial charge on any atom is 0.419 e. The second-order valence-corrected chi connectivity index (χ2v) is 9.56. The van der Waals surface area contributed by atoms with Gasteiger partial charge in [-0.1, -0.05) is 26.0 Å². The highest BCUT2D eigenvalue weighted by atomic mass is 32.1. The summed E-state index contributed by atoms with van der Waals surface area (Å²) in [7, 11) is 0. The fraction of sp³-hybridized carbons (Fsp3) is 0.333. The highest BCUT2D eigenvalue weighted by Crippen LogP contribution is 2.39. The van der Waals surface area contributed by atoms with E-state index in [1.807, 2.05) is 13.8 Å². The van der Waals surface area contributed by atoms with Gasteiger partial charge in [0.25, 0.3) is 5.91 Å². The van der Waals surface area contributed by atoms with E-state index in [0.29, 0.717) is 22.4 Å².